The molecule has 2 N–H and O–H groups in total. The van der Waals surface area contributed by atoms with E-state index in [-0.39, 0.29) is 10.8 Å². The monoisotopic (exact) mass is 388 g/mol. The average Bonchev–Trinajstić information content (AvgIpc) is 3.14. The van der Waals surface area contributed by atoms with E-state index >= 15 is 0 Å². The quantitative estimate of drug-likeness (QED) is 0.672. The average molecular weight is 388 g/mol. The summed E-state index contributed by atoms with van der Waals surface area (Å²) in [5.74, 6) is 0.0493. The van der Waals surface area contributed by atoms with Gasteiger partial charge in [-0.05, 0) is 30.3 Å². The molecular formula is C18H16N2O4S2. The summed E-state index contributed by atoms with van der Waals surface area (Å²) in [6, 6.07) is 17.0. The van der Waals surface area contributed by atoms with Gasteiger partial charge in [-0.3, -0.25) is 9.52 Å². The molecule has 0 aliphatic carbocycles. The number of amides is 1. The van der Waals surface area contributed by atoms with Crippen LogP contribution in [0.2, 0.25) is 0 Å². The molecule has 0 fully saturated rings. The second-order valence-electron chi connectivity index (χ2n) is 5.27. The summed E-state index contributed by atoms with van der Waals surface area (Å²) in [5.41, 5.74) is 0.971. The minimum atomic E-state index is -3.83. The van der Waals surface area contributed by atoms with E-state index in [4.69, 9.17) is 4.74 Å². The number of carbonyl (C=O) groups excluding carboxylic acids is 1. The molecular weight excluding hydrogens is 372 g/mol. The number of nitrogens with one attached hydrogen (secondary N) is 2. The van der Waals surface area contributed by atoms with Crippen LogP contribution in [0.25, 0.3) is 0 Å². The third-order valence-electron chi connectivity index (χ3n) is 3.49. The van der Waals surface area contributed by atoms with E-state index in [0.717, 1.165) is 11.3 Å². The molecule has 8 heteroatoms. The lowest BCUT2D eigenvalue weighted by Gasteiger charge is -2.10. The van der Waals surface area contributed by atoms with Crippen LogP contribution in [0, 0.1) is 0 Å². The topological polar surface area (TPSA) is 84.5 Å². The number of rotatable bonds is 6. The molecule has 6 nitrogen and oxygen atoms in total. The maximum Gasteiger partial charge on any atom is 0.265 e. The van der Waals surface area contributed by atoms with Gasteiger partial charge in [-0.1, -0.05) is 30.3 Å². The van der Waals surface area contributed by atoms with Crippen molar-refractivity contribution >= 4 is 38.6 Å². The zero-order valence-corrected chi connectivity index (χ0v) is 15.4. The lowest BCUT2D eigenvalue weighted by atomic mass is 10.3. The Bertz CT molecular complexity index is 1010. The second-order valence-corrected chi connectivity index (χ2v) is 7.87. The summed E-state index contributed by atoms with van der Waals surface area (Å²) in [6.07, 6.45) is 0. The van der Waals surface area contributed by atoms with Crippen LogP contribution in [0.4, 0.5) is 11.4 Å². The summed E-state index contributed by atoms with van der Waals surface area (Å²) in [6.45, 7) is 0. The van der Waals surface area contributed by atoms with Crippen LogP contribution in [0.1, 0.15) is 9.67 Å². The Morgan fingerprint density at radius 1 is 1.04 bits per heavy atom. The zero-order chi connectivity index (χ0) is 18.6. The fourth-order valence-electron chi connectivity index (χ4n) is 2.23. The fraction of sp³-hybridized carbons (Fsp3) is 0.0556. The van der Waals surface area contributed by atoms with E-state index in [1.807, 2.05) is 6.07 Å². The second kappa shape index (κ2) is 7.59. The van der Waals surface area contributed by atoms with Crippen molar-refractivity contribution in [3.8, 4) is 5.75 Å². The number of carbonyl (C=O) groups is 1. The van der Waals surface area contributed by atoms with Crippen molar-refractivity contribution in [2.75, 3.05) is 17.1 Å². The van der Waals surface area contributed by atoms with Gasteiger partial charge in [-0.2, -0.15) is 0 Å². The van der Waals surface area contributed by atoms with Crippen LogP contribution in [0.15, 0.2) is 70.9 Å². The predicted octanol–water partition coefficient (Wildman–Crippen LogP) is 3.81. The molecule has 0 radical (unpaired) electrons. The molecule has 0 atom stereocenters. The van der Waals surface area contributed by atoms with Crippen LogP contribution in [0.5, 0.6) is 5.75 Å². The molecule has 0 aliphatic rings. The molecule has 1 heterocycles. The highest BCUT2D eigenvalue weighted by molar-refractivity contribution is 7.92. The summed E-state index contributed by atoms with van der Waals surface area (Å²) >= 11 is 1.06. The number of thiophene rings is 1. The summed E-state index contributed by atoms with van der Waals surface area (Å²) < 4.78 is 32.8. The molecule has 0 aliphatic heterocycles. The van der Waals surface area contributed by atoms with Gasteiger partial charge in [0.05, 0.1) is 22.6 Å². The zero-order valence-electron chi connectivity index (χ0n) is 13.8. The first-order valence-corrected chi connectivity index (χ1v) is 9.96. The van der Waals surface area contributed by atoms with Gasteiger partial charge in [0, 0.05) is 11.1 Å². The Labute approximate surface area is 155 Å². The Kier molecular flexibility index (Phi) is 5.24. The molecule has 0 bridgehead atoms. The third kappa shape index (κ3) is 4.04. The van der Waals surface area contributed by atoms with E-state index in [9.17, 15) is 13.2 Å². The Morgan fingerprint density at radius 3 is 2.46 bits per heavy atom. The first-order chi connectivity index (χ1) is 12.5. The van der Waals surface area contributed by atoms with Gasteiger partial charge in [0.2, 0.25) is 0 Å². The summed E-state index contributed by atoms with van der Waals surface area (Å²) in [7, 11) is -2.37. The summed E-state index contributed by atoms with van der Waals surface area (Å²) in [5, 5.41) is 4.16. The SMILES string of the molecule is COc1ccccc1NS(=O)(=O)c1csc(C(=O)Nc2ccccc2)c1. The highest BCUT2D eigenvalue weighted by Crippen LogP contribution is 2.28. The lowest BCUT2D eigenvalue weighted by molar-refractivity contribution is 0.103. The predicted molar refractivity (Wildman–Crippen MR) is 103 cm³/mol. The molecule has 3 rings (SSSR count). The molecule has 1 aromatic heterocycles. The minimum Gasteiger partial charge on any atom is -0.495 e. The van der Waals surface area contributed by atoms with Crippen LogP contribution >= 0.6 is 11.3 Å². The van der Waals surface area contributed by atoms with Crippen LogP contribution in [0.3, 0.4) is 0 Å². The van der Waals surface area contributed by atoms with E-state index in [1.165, 1.54) is 18.6 Å². The van der Waals surface area contributed by atoms with Gasteiger partial charge in [0.15, 0.2) is 0 Å². The first-order valence-electron chi connectivity index (χ1n) is 7.60. The largest absolute Gasteiger partial charge is 0.495 e. The van der Waals surface area contributed by atoms with Crippen molar-refractivity contribution in [2.24, 2.45) is 0 Å². The van der Waals surface area contributed by atoms with Crippen molar-refractivity contribution < 1.29 is 17.9 Å². The lowest BCUT2D eigenvalue weighted by Crippen LogP contribution is -2.13. The maximum atomic E-state index is 12.6. The number of hydrogen-bond donors (Lipinski definition) is 2. The van der Waals surface area contributed by atoms with Crippen LogP contribution in [-0.2, 0) is 10.0 Å². The van der Waals surface area contributed by atoms with Gasteiger partial charge in [-0.15, -0.1) is 11.3 Å². The first kappa shape index (κ1) is 18.0. The molecule has 0 saturated carbocycles. The molecule has 134 valence electrons. The minimum absolute atomic E-state index is 0.0200. The smallest absolute Gasteiger partial charge is 0.265 e. The van der Waals surface area contributed by atoms with Crippen molar-refractivity contribution in [1.82, 2.24) is 0 Å². The number of hydrogen-bond acceptors (Lipinski definition) is 5. The summed E-state index contributed by atoms with van der Waals surface area (Å²) in [4.78, 5) is 12.6. The van der Waals surface area contributed by atoms with Crippen molar-refractivity contribution in [2.45, 2.75) is 4.90 Å². The van der Waals surface area contributed by atoms with Gasteiger partial charge >= 0.3 is 0 Å². The van der Waals surface area contributed by atoms with Gasteiger partial charge in [-0.25, -0.2) is 8.42 Å². The van der Waals surface area contributed by atoms with E-state index in [0.29, 0.717) is 22.0 Å². The molecule has 0 spiro atoms. The molecule has 2 aromatic carbocycles. The van der Waals surface area contributed by atoms with E-state index < -0.39 is 10.0 Å². The number of sulfonamides is 1. The van der Waals surface area contributed by atoms with Crippen molar-refractivity contribution in [1.29, 1.82) is 0 Å². The standard InChI is InChI=1S/C18H16N2O4S2/c1-24-16-10-6-5-9-15(16)20-26(22,23)14-11-17(25-12-14)18(21)19-13-7-3-2-4-8-13/h2-12,20H,1H3,(H,19,21). The number of benzene rings is 2. The van der Waals surface area contributed by atoms with Gasteiger partial charge < -0.3 is 10.1 Å². The number of ether oxygens (including phenoxy) is 1. The van der Waals surface area contributed by atoms with E-state index in [2.05, 4.69) is 10.0 Å². The Balaban J connectivity index is 1.79. The Hall–Kier alpha value is -2.84. The molecule has 26 heavy (non-hydrogen) atoms. The molecule has 3 aromatic rings. The maximum absolute atomic E-state index is 12.6. The van der Waals surface area contributed by atoms with Crippen molar-refractivity contribution in [3.05, 3.63) is 70.9 Å². The van der Waals surface area contributed by atoms with Crippen LogP contribution in [-0.4, -0.2) is 21.4 Å². The number of para-hydroxylation sites is 3. The van der Waals surface area contributed by atoms with Gasteiger partial charge in [0.1, 0.15) is 5.75 Å². The number of methoxy groups -OCH3 is 1. The Morgan fingerprint density at radius 2 is 1.73 bits per heavy atom. The highest BCUT2D eigenvalue weighted by Gasteiger charge is 2.20. The molecule has 0 saturated heterocycles. The van der Waals surface area contributed by atoms with Crippen LogP contribution < -0.4 is 14.8 Å². The fourth-order valence-corrected chi connectivity index (χ4v) is 4.46. The third-order valence-corrected chi connectivity index (χ3v) is 5.92. The van der Waals surface area contributed by atoms with Gasteiger partial charge in [0.25, 0.3) is 15.9 Å². The highest BCUT2D eigenvalue weighted by atomic mass is 32.2. The molecule has 0 unspecified atom stereocenters. The van der Waals surface area contributed by atoms with E-state index in [1.54, 1.807) is 48.5 Å². The molecule has 1 amide bonds. The normalized spacial score (nSPS) is 11.0. The number of anilines is 2. The van der Waals surface area contributed by atoms with Crippen molar-refractivity contribution in [3.63, 3.8) is 0 Å².